The van der Waals surface area contributed by atoms with Crippen molar-refractivity contribution in [2.24, 2.45) is 0 Å². The number of esters is 3. The number of carbonyl (C=O) groups excluding carboxylic acids is 3. The lowest BCUT2D eigenvalue weighted by Crippen LogP contribution is -2.30. The molecule has 0 aromatic rings. The Morgan fingerprint density at radius 3 is 0.805 bits per heavy atom. The van der Waals surface area contributed by atoms with E-state index < -0.39 is 6.10 Å². The molecule has 442 valence electrons. The summed E-state index contributed by atoms with van der Waals surface area (Å²) in [5.41, 5.74) is 0. The maximum atomic E-state index is 12.9. The van der Waals surface area contributed by atoms with E-state index >= 15 is 0 Å². The molecule has 0 heterocycles. The van der Waals surface area contributed by atoms with Gasteiger partial charge in [-0.3, -0.25) is 14.4 Å². The average Bonchev–Trinajstić information content (AvgIpc) is 3.43. The number of unbranched alkanes of at least 4 members (excludes halogenated alkanes) is 32. The number of rotatable bonds is 59. The van der Waals surface area contributed by atoms with Crippen LogP contribution in [0.5, 0.6) is 0 Å². The van der Waals surface area contributed by atoms with E-state index in [1.165, 1.54) is 154 Å². The van der Waals surface area contributed by atoms with Crippen molar-refractivity contribution in [1.29, 1.82) is 0 Å². The van der Waals surface area contributed by atoms with Gasteiger partial charge < -0.3 is 14.2 Å². The van der Waals surface area contributed by atoms with E-state index in [0.29, 0.717) is 19.3 Å². The van der Waals surface area contributed by atoms with Gasteiger partial charge in [0.2, 0.25) is 0 Å². The molecule has 0 aromatic carbocycles. The SMILES string of the molecule is CC/C=C\C/C=C\C/C=C\C/C=C\C/C=C\C/C=C\C/C=C\CCCCCCCC(=O)OCC(COC(=O)CCCCCCCCCCCCCCCCC)OC(=O)CCCCCCCCC/C=C\CCCCCCCC. The van der Waals surface area contributed by atoms with Crippen molar-refractivity contribution < 1.29 is 28.6 Å². The van der Waals surface area contributed by atoms with E-state index in [4.69, 9.17) is 14.2 Å². The van der Waals surface area contributed by atoms with Crippen LogP contribution >= 0.6 is 0 Å². The van der Waals surface area contributed by atoms with Crippen LogP contribution in [0.15, 0.2) is 97.2 Å². The van der Waals surface area contributed by atoms with Gasteiger partial charge in [-0.05, 0) is 103 Å². The molecular weight excluding hydrogens is 949 g/mol. The van der Waals surface area contributed by atoms with Gasteiger partial charge in [-0.15, -0.1) is 0 Å². The minimum Gasteiger partial charge on any atom is -0.462 e. The Morgan fingerprint density at radius 1 is 0.273 bits per heavy atom. The molecule has 1 unspecified atom stereocenters. The van der Waals surface area contributed by atoms with E-state index in [2.05, 4.69) is 118 Å². The Labute approximate surface area is 477 Å². The highest BCUT2D eigenvalue weighted by molar-refractivity contribution is 5.71. The third-order valence-electron chi connectivity index (χ3n) is 14.1. The molecule has 0 amide bonds. The molecule has 0 fully saturated rings. The van der Waals surface area contributed by atoms with E-state index in [-0.39, 0.29) is 31.1 Å². The number of hydrogen-bond donors (Lipinski definition) is 0. The number of hydrogen-bond acceptors (Lipinski definition) is 6. The van der Waals surface area contributed by atoms with Crippen LogP contribution in [0.25, 0.3) is 0 Å². The lowest BCUT2D eigenvalue weighted by Gasteiger charge is -2.18. The van der Waals surface area contributed by atoms with Crippen molar-refractivity contribution in [3.63, 3.8) is 0 Å². The highest BCUT2D eigenvalue weighted by Crippen LogP contribution is 2.16. The first kappa shape index (κ1) is 73.3. The molecule has 0 N–H and O–H groups in total. The van der Waals surface area contributed by atoms with E-state index in [0.717, 1.165) is 122 Å². The Morgan fingerprint density at radius 2 is 0.506 bits per heavy atom. The van der Waals surface area contributed by atoms with Gasteiger partial charge in [-0.25, -0.2) is 0 Å². The molecule has 1 atom stereocenters. The van der Waals surface area contributed by atoms with Gasteiger partial charge in [0.1, 0.15) is 13.2 Å². The van der Waals surface area contributed by atoms with Crippen LogP contribution in [-0.4, -0.2) is 37.2 Å². The summed E-state index contributed by atoms with van der Waals surface area (Å²) in [6, 6.07) is 0. The van der Waals surface area contributed by atoms with Crippen molar-refractivity contribution in [1.82, 2.24) is 0 Å². The summed E-state index contributed by atoms with van der Waals surface area (Å²) in [6.45, 7) is 6.54. The lowest BCUT2D eigenvalue weighted by molar-refractivity contribution is -0.167. The third-order valence-corrected chi connectivity index (χ3v) is 14.1. The molecule has 77 heavy (non-hydrogen) atoms. The molecule has 0 bridgehead atoms. The second kappa shape index (κ2) is 64.9. The standard InChI is InChI=1S/C71H122O6/c1-4-7-10-13-16-19-22-25-28-30-31-32-33-34-35-36-37-38-39-41-43-46-49-52-55-58-61-64-70(73)76-67-68(66-75-69(72)63-60-57-54-51-48-45-42-27-24-21-18-15-12-9-6-3)77-71(74)65-62-59-56-53-50-47-44-40-29-26-23-20-17-14-11-8-5-2/h7,10,16,19,25-26,28-29,31-32,34-35,37-38,41,43,68H,4-6,8-9,11-15,17-18,20-24,27,30,33,36,39-40,42,44-67H2,1-3H3/b10-7-,19-16-,28-25-,29-26-,32-31-,35-34-,38-37-,43-41-. The van der Waals surface area contributed by atoms with Crippen LogP contribution < -0.4 is 0 Å². The minimum absolute atomic E-state index is 0.0827. The summed E-state index contributed by atoms with van der Waals surface area (Å²) in [7, 11) is 0. The molecule has 6 heteroatoms. The molecule has 0 saturated carbocycles. The first-order valence-corrected chi connectivity index (χ1v) is 32.7. The summed E-state index contributed by atoms with van der Waals surface area (Å²) < 4.78 is 16.9. The van der Waals surface area contributed by atoms with Gasteiger partial charge in [0, 0.05) is 19.3 Å². The van der Waals surface area contributed by atoms with Gasteiger partial charge >= 0.3 is 17.9 Å². The van der Waals surface area contributed by atoms with Gasteiger partial charge in [-0.1, -0.05) is 291 Å². The fourth-order valence-electron chi connectivity index (χ4n) is 9.18. The summed E-state index contributed by atoms with van der Waals surface area (Å²) >= 11 is 0. The first-order valence-electron chi connectivity index (χ1n) is 32.7. The maximum Gasteiger partial charge on any atom is 0.306 e. The quantitative estimate of drug-likeness (QED) is 0.0261. The van der Waals surface area contributed by atoms with Crippen molar-refractivity contribution >= 4 is 17.9 Å². The Bertz CT molecular complexity index is 1510. The highest BCUT2D eigenvalue weighted by atomic mass is 16.6. The fourth-order valence-corrected chi connectivity index (χ4v) is 9.18. The van der Waals surface area contributed by atoms with Crippen LogP contribution in [0.1, 0.15) is 316 Å². The monoisotopic (exact) mass is 1070 g/mol. The molecule has 0 spiro atoms. The molecule has 0 rings (SSSR count). The van der Waals surface area contributed by atoms with Crippen molar-refractivity contribution in [2.45, 2.75) is 322 Å². The van der Waals surface area contributed by atoms with Gasteiger partial charge in [0.15, 0.2) is 6.10 Å². The molecule has 0 aliphatic carbocycles. The minimum atomic E-state index is -0.788. The van der Waals surface area contributed by atoms with Gasteiger partial charge in [0.25, 0.3) is 0 Å². The Kier molecular flexibility index (Phi) is 61.8. The first-order chi connectivity index (χ1) is 38.0. The van der Waals surface area contributed by atoms with Crippen LogP contribution in [0, 0.1) is 0 Å². The summed E-state index contributed by atoms with van der Waals surface area (Å²) in [4.78, 5) is 38.3. The highest BCUT2D eigenvalue weighted by Gasteiger charge is 2.19. The van der Waals surface area contributed by atoms with Crippen molar-refractivity contribution in [2.75, 3.05) is 13.2 Å². The zero-order valence-electron chi connectivity index (χ0n) is 50.7. The smallest absolute Gasteiger partial charge is 0.306 e. The van der Waals surface area contributed by atoms with E-state index in [1.54, 1.807) is 0 Å². The molecule has 6 nitrogen and oxygen atoms in total. The lowest BCUT2D eigenvalue weighted by atomic mass is 10.0. The average molecular weight is 1070 g/mol. The van der Waals surface area contributed by atoms with E-state index in [1.807, 2.05) is 0 Å². The zero-order chi connectivity index (χ0) is 55.7. The molecule has 0 saturated heterocycles. The van der Waals surface area contributed by atoms with Gasteiger partial charge in [0.05, 0.1) is 0 Å². The topological polar surface area (TPSA) is 78.9 Å². The van der Waals surface area contributed by atoms with Crippen LogP contribution in [0.4, 0.5) is 0 Å². The van der Waals surface area contributed by atoms with Crippen molar-refractivity contribution in [3.05, 3.63) is 97.2 Å². The summed E-state index contributed by atoms with van der Waals surface area (Å²) in [6.07, 6.45) is 86.9. The van der Waals surface area contributed by atoms with Gasteiger partial charge in [-0.2, -0.15) is 0 Å². The van der Waals surface area contributed by atoms with Crippen LogP contribution in [0.2, 0.25) is 0 Å². The zero-order valence-corrected chi connectivity index (χ0v) is 50.7. The third kappa shape index (κ3) is 63.0. The predicted octanol–water partition coefficient (Wildman–Crippen LogP) is 22.4. The Balaban J connectivity index is 4.38. The second-order valence-corrected chi connectivity index (χ2v) is 21.6. The molecular formula is C71H122O6. The fraction of sp³-hybridized carbons (Fsp3) is 0.732. The number of carbonyl (C=O) groups is 3. The predicted molar refractivity (Wildman–Crippen MR) is 334 cm³/mol. The molecule has 0 aromatic heterocycles. The van der Waals surface area contributed by atoms with Crippen LogP contribution in [0.3, 0.4) is 0 Å². The summed E-state index contributed by atoms with van der Waals surface area (Å²) in [5.74, 6) is -0.894. The maximum absolute atomic E-state index is 12.9. The molecule has 0 aliphatic rings. The number of allylic oxidation sites excluding steroid dienone is 16. The second-order valence-electron chi connectivity index (χ2n) is 21.6. The normalized spacial score (nSPS) is 12.7. The number of ether oxygens (including phenoxy) is 3. The van der Waals surface area contributed by atoms with Crippen LogP contribution in [-0.2, 0) is 28.6 Å². The van der Waals surface area contributed by atoms with E-state index in [9.17, 15) is 14.4 Å². The molecule has 0 aliphatic heterocycles. The van der Waals surface area contributed by atoms with Crippen molar-refractivity contribution in [3.8, 4) is 0 Å². The largest absolute Gasteiger partial charge is 0.462 e. The molecule has 0 radical (unpaired) electrons. The Hall–Kier alpha value is -3.67. The summed E-state index contributed by atoms with van der Waals surface area (Å²) in [5, 5.41) is 0.